The number of hydrogen-bond donors (Lipinski definition) is 2. The van der Waals surface area contributed by atoms with Gasteiger partial charge < -0.3 is 6.74 Å². The van der Waals surface area contributed by atoms with Gasteiger partial charge in [0.2, 0.25) is 5.91 Å². The predicted octanol–water partition coefficient (Wildman–Crippen LogP) is 2.76. The quantitative estimate of drug-likeness (QED) is 0.182. The Labute approximate surface area is 218 Å². The van der Waals surface area contributed by atoms with Crippen LogP contribution in [0.1, 0.15) is 118 Å². The summed E-state index contributed by atoms with van der Waals surface area (Å²) < 4.78 is 30.5. The normalized spacial score (nSPS) is 12.4. The van der Waals surface area contributed by atoms with E-state index in [9.17, 15) is 13.2 Å². The number of nitrogens with one attached hydrogen (secondary N) is 1. The minimum Gasteiger partial charge on any atom is -1.00 e. The van der Waals surface area contributed by atoms with Crippen LogP contribution in [0.25, 0.3) is 0 Å². The Balaban J connectivity index is -0.00000338. The van der Waals surface area contributed by atoms with Crippen LogP contribution >= 0.6 is 0 Å². The van der Waals surface area contributed by atoms with Gasteiger partial charge in [0.15, 0.2) is 0 Å². The van der Waals surface area contributed by atoms with Crippen LogP contribution in [0.3, 0.4) is 0 Å². The van der Waals surface area contributed by atoms with Crippen LogP contribution in [0, 0.1) is 0 Å². The van der Waals surface area contributed by atoms with Crippen molar-refractivity contribution in [2.45, 2.75) is 122 Å². The molecule has 0 radical (unpaired) electrons. The van der Waals surface area contributed by atoms with Crippen LogP contribution in [0.15, 0.2) is 0 Å². The molecule has 0 bridgehead atoms. The third kappa shape index (κ3) is 21.7. The van der Waals surface area contributed by atoms with Crippen LogP contribution in [0.4, 0.5) is 0 Å². The minimum atomic E-state index is -4.06. The van der Waals surface area contributed by atoms with Gasteiger partial charge in [-0.2, -0.15) is 8.42 Å². The molecule has 1 unspecified atom stereocenters. The van der Waals surface area contributed by atoms with Crippen molar-refractivity contribution in [2.24, 2.45) is 0 Å². The first-order valence-electron chi connectivity index (χ1n) is 11.1. The van der Waals surface area contributed by atoms with E-state index in [1.54, 1.807) is 0 Å². The second kappa shape index (κ2) is 21.3. The molecule has 0 rings (SSSR count). The SMILES string of the molecule is CCCCCCCCCCCCCCCCCC(=O)NCC(C)S(=O)(=O)O.[H-].[K+]. The zero-order valence-electron chi connectivity index (χ0n) is 19.7. The largest absolute Gasteiger partial charge is 1.00 e. The fourth-order valence-electron chi connectivity index (χ4n) is 3.11. The van der Waals surface area contributed by atoms with E-state index in [0.717, 1.165) is 19.3 Å². The molecule has 1 amide bonds. The van der Waals surface area contributed by atoms with E-state index in [4.69, 9.17) is 4.55 Å². The Morgan fingerprint density at radius 1 is 0.821 bits per heavy atom. The van der Waals surface area contributed by atoms with Crippen LogP contribution in [0.2, 0.25) is 0 Å². The fraction of sp³-hybridized carbons (Fsp3) is 0.952. The summed E-state index contributed by atoms with van der Waals surface area (Å²) in [4.78, 5) is 11.6. The molecule has 0 heterocycles. The summed E-state index contributed by atoms with van der Waals surface area (Å²) in [6, 6.07) is 0. The number of rotatable bonds is 19. The van der Waals surface area contributed by atoms with Gasteiger partial charge in [0.1, 0.15) is 5.25 Å². The third-order valence-corrected chi connectivity index (χ3v) is 6.29. The molecule has 164 valence electrons. The molecule has 0 aliphatic carbocycles. The Morgan fingerprint density at radius 3 is 1.54 bits per heavy atom. The van der Waals surface area contributed by atoms with E-state index in [0.29, 0.717) is 6.42 Å². The minimum absolute atomic E-state index is 0. The van der Waals surface area contributed by atoms with Crippen molar-refractivity contribution in [2.75, 3.05) is 6.54 Å². The fourth-order valence-corrected chi connectivity index (χ4v) is 3.40. The van der Waals surface area contributed by atoms with Gasteiger partial charge in [0.05, 0.1) is 0 Å². The van der Waals surface area contributed by atoms with E-state index in [1.165, 1.54) is 84.0 Å². The van der Waals surface area contributed by atoms with E-state index >= 15 is 0 Å². The number of carbonyl (C=O) groups is 1. The van der Waals surface area contributed by atoms with Gasteiger partial charge in [0, 0.05) is 13.0 Å². The van der Waals surface area contributed by atoms with Crippen LogP contribution in [0.5, 0.6) is 0 Å². The van der Waals surface area contributed by atoms with Crippen molar-refractivity contribution in [1.82, 2.24) is 5.32 Å². The van der Waals surface area contributed by atoms with Crippen molar-refractivity contribution in [3.63, 3.8) is 0 Å². The van der Waals surface area contributed by atoms with Crippen molar-refractivity contribution < 1.29 is 70.6 Å². The maximum absolute atomic E-state index is 11.6. The number of hydrogen-bond acceptors (Lipinski definition) is 3. The molecule has 7 heteroatoms. The maximum Gasteiger partial charge on any atom is 1.00 e. The average molecular weight is 446 g/mol. The first-order valence-corrected chi connectivity index (χ1v) is 12.6. The molecule has 0 aliphatic heterocycles. The summed E-state index contributed by atoms with van der Waals surface area (Å²) >= 11 is 0. The summed E-state index contributed by atoms with van der Waals surface area (Å²) in [5.41, 5.74) is 0. The van der Waals surface area contributed by atoms with Gasteiger partial charge in [0.25, 0.3) is 10.1 Å². The number of carbonyl (C=O) groups excluding carboxylic acids is 1. The summed E-state index contributed by atoms with van der Waals surface area (Å²) in [7, 11) is -4.06. The molecule has 5 nitrogen and oxygen atoms in total. The van der Waals surface area contributed by atoms with E-state index in [2.05, 4.69) is 12.2 Å². The smallest absolute Gasteiger partial charge is 1.00 e. The molecule has 0 saturated carbocycles. The number of amides is 1. The summed E-state index contributed by atoms with van der Waals surface area (Å²) in [6.45, 7) is 3.61. The molecule has 0 spiro atoms. The molecule has 0 aromatic carbocycles. The molecule has 1 atom stereocenters. The summed E-state index contributed by atoms with van der Waals surface area (Å²) in [6.07, 6.45) is 19.7. The van der Waals surface area contributed by atoms with Crippen LogP contribution in [-0.2, 0) is 14.9 Å². The molecule has 0 aromatic heterocycles. The maximum atomic E-state index is 11.6. The zero-order valence-corrected chi connectivity index (χ0v) is 22.6. The van der Waals surface area contributed by atoms with Crippen molar-refractivity contribution in [3.8, 4) is 0 Å². The molecule has 0 aliphatic rings. The molecule has 0 fully saturated rings. The molecule has 28 heavy (non-hydrogen) atoms. The Hall–Kier alpha value is 1.02. The molecular formula is C21H44KNO4S. The standard InChI is InChI=1S/C21H43NO4S.K.H/c1-3-4-5-6-7-8-9-10-11-12-13-14-15-16-17-18-21(23)22-19-20(2)27(24,25)26;;/h20H,3-19H2,1-2H3,(H,22,23)(H,24,25,26);;/q;+1;-1. The topological polar surface area (TPSA) is 83.5 Å². The van der Waals surface area contributed by atoms with Gasteiger partial charge >= 0.3 is 51.4 Å². The Kier molecular flexibility index (Phi) is 23.7. The Morgan fingerprint density at radius 2 is 1.18 bits per heavy atom. The first-order chi connectivity index (χ1) is 12.9. The summed E-state index contributed by atoms with van der Waals surface area (Å²) in [5.74, 6) is -0.139. The van der Waals surface area contributed by atoms with Gasteiger partial charge in [-0.1, -0.05) is 96.8 Å². The second-order valence-corrected chi connectivity index (χ2v) is 9.66. The van der Waals surface area contributed by atoms with Gasteiger partial charge in [-0.15, -0.1) is 0 Å². The second-order valence-electron chi connectivity index (χ2n) is 7.83. The summed E-state index contributed by atoms with van der Waals surface area (Å²) in [5, 5.41) is 1.60. The molecule has 0 saturated heterocycles. The van der Waals surface area contributed by atoms with Crippen LogP contribution < -0.4 is 56.7 Å². The molecular weight excluding hydrogens is 401 g/mol. The van der Waals surface area contributed by atoms with E-state index in [1.807, 2.05) is 0 Å². The average Bonchev–Trinajstić information content (AvgIpc) is 2.62. The van der Waals surface area contributed by atoms with Gasteiger partial charge in [-0.05, 0) is 13.3 Å². The van der Waals surface area contributed by atoms with Gasteiger partial charge in [-0.3, -0.25) is 9.35 Å². The zero-order chi connectivity index (χ0) is 20.4. The molecule has 2 N–H and O–H groups in total. The monoisotopic (exact) mass is 445 g/mol. The van der Waals surface area contributed by atoms with Gasteiger partial charge in [-0.25, -0.2) is 0 Å². The first kappa shape index (κ1) is 31.2. The van der Waals surface area contributed by atoms with Crippen molar-refractivity contribution in [1.29, 1.82) is 0 Å². The van der Waals surface area contributed by atoms with Crippen LogP contribution in [-0.4, -0.2) is 30.7 Å². The van der Waals surface area contributed by atoms with Crippen molar-refractivity contribution in [3.05, 3.63) is 0 Å². The van der Waals surface area contributed by atoms with Crippen molar-refractivity contribution >= 4 is 16.0 Å². The third-order valence-electron chi connectivity index (χ3n) is 5.10. The van der Waals surface area contributed by atoms with E-state index < -0.39 is 15.4 Å². The molecule has 0 aromatic rings. The number of unbranched alkanes of at least 4 members (excludes halogenated alkanes) is 14. The Bertz CT molecular complexity index is 464. The van der Waals surface area contributed by atoms with E-state index in [-0.39, 0.29) is 65.3 Å². The predicted molar refractivity (Wildman–Crippen MR) is 115 cm³/mol.